The number of aliphatic hydroxyl groups excluding tert-OH is 2. The minimum absolute atomic E-state index is 0.0150. The molecule has 5 aromatic rings. The van der Waals surface area contributed by atoms with Gasteiger partial charge >= 0.3 is 64.9 Å². The number of aromatic hydroxyl groups is 1. The van der Waals surface area contributed by atoms with Crippen molar-refractivity contribution in [2.24, 2.45) is 0 Å². The van der Waals surface area contributed by atoms with Gasteiger partial charge in [-0.3, -0.25) is 9.80 Å². The number of aliphatic hydroxyl groups is 2. The predicted octanol–water partition coefficient (Wildman–Crippen LogP) is 14.6. The van der Waals surface area contributed by atoms with Crippen molar-refractivity contribution in [1.82, 2.24) is 9.80 Å². The number of alkyl halides is 1. The molecule has 0 fully saturated rings. The van der Waals surface area contributed by atoms with Crippen LogP contribution >= 0.6 is 82.5 Å². The fourth-order valence-corrected chi connectivity index (χ4v) is 7.97. The quantitative estimate of drug-likeness (QED) is 0.0565. The van der Waals surface area contributed by atoms with E-state index in [0.717, 1.165) is 59.5 Å². The monoisotopic (exact) mass is 1350 g/mol. The number of rotatable bonds is 19. The molecule has 0 heterocycles. The van der Waals surface area contributed by atoms with Gasteiger partial charge in [-0.05, 0) is 138 Å². The van der Waals surface area contributed by atoms with Crippen molar-refractivity contribution in [2.45, 2.75) is 124 Å². The molecule has 0 aliphatic carbocycles. The Balaban J connectivity index is 0.000000394. The average Bonchev–Trinajstić information content (AvgIpc) is 3.27. The second-order valence-corrected chi connectivity index (χ2v) is 51.8. The van der Waals surface area contributed by atoms with Crippen LogP contribution in [0.15, 0.2) is 127 Å². The number of hydrogen-bond donors (Lipinski definition) is 3. The Morgan fingerprint density at radius 3 is 1.27 bits per heavy atom. The van der Waals surface area contributed by atoms with E-state index in [2.05, 4.69) is 208 Å². The van der Waals surface area contributed by atoms with Gasteiger partial charge in [0.1, 0.15) is 18.1 Å². The molecule has 0 amide bonds. The Hall–Kier alpha value is -0.956. The molecule has 5 rings (SSSR count). The summed E-state index contributed by atoms with van der Waals surface area (Å²) < 4.78 is 6.33. The van der Waals surface area contributed by atoms with Gasteiger partial charge in [-0.2, -0.15) is 0 Å². The molecule has 0 radical (unpaired) electrons. The van der Waals surface area contributed by atoms with Crippen molar-refractivity contribution in [1.29, 1.82) is 0 Å². The fourth-order valence-electron chi connectivity index (χ4n) is 7.97. The molecule has 0 saturated carbocycles. The van der Waals surface area contributed by atoms with E-state index in [1.54, 1.807) is 12.1 Å². The third-order valence-electron chi connectivity index (χ3n) is 10.9. The van der Waals surface area contributed by atoms with Crippen molar-refractivity contribution in [3.05, 3.63) is 166 Å². The Kier molecular flexibility index (Phi) is 30.2. The number of ether oxygens (including phenoxy) is 1. The van der Waals surface area contributed by atoms with Crippen LogP contribution in [0.4, 0.5) is 0 Å². The van der Waals surface area contributed by atoms with E-state index in [0.29, 0.717) is 36.5 Å². The second kappa shape index (κ2) is 32.7. The molecule has 63 heavy (non-hydrogen) atoms. The molecular weight excluding hydrogens is 1280 g/mol. The van der Waals surface area contributed by atoms with Gasteiger partial charge < -0.3 is 20.1 Å². The summed E-state index contributed by atoms with van der Waals surface area (Å²) in [7, 11) is 0. The Morgan fingerprint density at radius 1 is 0.508 bits per heavy atom. The van der Waals surface area contributed by atoms with Crippen molar-refractivity contribution in [3.63, 3.8) is 0 Å². The van der Waals surface area contributed by atoms with Gasteiger partial charge in [0, 0.05) is 47.1 Å². The first-order valence-corrected chi connectivity index (χ1v) is 37.4. The summed E-state index contributed by atoms with van der Waals surface area (Å²) in [5.74, 6) is 1.48. The molecule has 3 N–H and O–H groups in total. The van der Waals surface area contributed by atoms with E-state index in [4.69, 9.17) is 4.74 Å². The summed E-state index contributed by atoms with van der Waals surface area (Å²) >= 11 is 9.54. The summed E-state index contributed by atoms with van der Waals surface area (Å²) in [6.45, 7) is 20.4. The molecule has 346 valence electrons. The molecule has 0 aliphatic rings. The molecule has 0 bridgehead atoms. The first-order valence-electron chi connectivity index (χ1n) is 21.8. The van der Waals surface area contributed by atoms with Crippen LogP contribution in [0, 0.1) is 0 Å². The Labute approximate surface area is 432 Å². The molecule has 0 saturated heterocycles. The summed E-state index contributed by atoms with van der Waals surface area (Å²) in [5.41, 5.74) is 7.40. The zero-order chi connectivity index (χ0) is 46.9. The molecule has 0 aromatic heterocycles. The molecule has 0 aliphatic heterocycles. The number of phenolic OH excluding ortho intramolecular Hbond substituents is 1. The van der Waals surface area contributed by atoms with Crippen LogP contribution in [-0.4, -0.2) is 67.3 Å². The molecule has 2 atom stereocenters. The maximum atomic E-state index is 10.5. The SMILES string of the molecule is CC(C)N(CCC(c1ccccc1)c1cc(CO)ccc1O)C(C)C.CC(C)N(CCC(c1ccccc1)c1cc(CO)ccc1OCc1ccccc1)C(C)C.CI.[I][V]([I])[I]. The molecule has 0 spiro atoms. The molecule has 11 heteroatoms. The zero-order valence-corrected chi connectivity index (χ0v) is 48.7. The average molecular weight is 1350 g/mol. The number of nitrogens with zero attached hydrogens (tertiary/aromatic N) is 2. The van der Waals surface area contributed by atoms with Crippen LogP contribution in [0.3, 0.4) is 0 Å². The molecule has 2 unspecified atom stereocenters. The van der Waals surface area contributed by atoms with Crippen LogP contribution in [0.25, 0.3) is 0 Å². The van der Waals surface area contributed by atoms with Gasteiger partial charge in [0.05, 0.1) is 13.2 Å². The molecular formula is C52H71I4N2O4V. The van der Waals surface area contributed by atoms with Gasteiger partial charge in [-0.1, -0.05) is 126 Å². The van der Waals surface area contributed by atoms with Crippen molar-refractivity contribution >= 4 is 82.5 Å². The van der Waals surface area contributed by atoms with Crippen LogP contribution in [-0.2, 0) is 24.7 Å². The fraction of sp³-hybridized carbons (Fsp3) is 0.423. The van der Waals surface area contributed by atoms with E-state index >= 15 is 0 Å². The van der Waals surface area contributed by atoms with Crippen molar-refractivity contribution < 1.29 is 25.0 Å². The van der Waals surface area contributed by atoms with Crippen molar-refractivity contribution in [2.75, 3.05) is 18.0 Å². The van der Waals surface area contributed by atoms with Gasteiger partial charge in [0.2, 0.25) is 0 Å². The van der Waals surface area contributed by atoms with Crippen LogP contribution in [0.2, 0.25) is 0 Å². The summed E-state index contributed by atoms with van der Waals surface area (Å²) in [5, 5.41) is 29.8. The van der Waals surface area contributed by atoms with Crippen LogP contribution in [0.1, 0.15) is 119 Å². The third-order valence-corrected chi connectivity index (χ3v) is 10.9. The van der Waals surface area contributed by atoms with Gasteiger partial charge in [-0.15, -0.1) is 0 Å². The van der Waals surface area contributed by atoms with Crippen LogP contribution < -0.4 is 4.74 Å². The first-order chi connectivity index (χ1) is 30.2. The molecule has 6 nitrogen and oxygen atoms in total. The summed E-state index contributed by atoms with van der Waals surface area (Å²) in [6.07, 6.45) is 1.90. The third kappa shape index (κ3) is 21.3. The Morgan fingerprint density at radius 2 is 0.873 bits per heavy atom. The van der Waals surface area contributed by atoms with E-state index in [-0.39, 0.29) is 30.0 Å². The zero-order valence-electron chi connectivity index (χ0n) is 38.6. The summed E-state index contributed by atoms with van der Waals surface area (Å²) in [6, 6.07) is 44.7. The van der Waals surface area contributed by atoms with E-state index < -0.39 is 0 Å². The predicted molar refractivity (Wildman–Crippen MR) is 299 cm³/mol. The standard InChI is InChI=1S/C29H37NO2.C22H31NO2.CH3I.3HI.V/c1-22(2)30(23(3)4)18-17-27(26-13-9-6-10-14-26)28-19-25(20-31)15-16-29(28)32-21-24-11-7-5-8-12-24;1-16(2)23(17(3)4)13-12-20(19-8-6-5-7-9-19)21-14-18(15-24)10-11-22(21)25;1-2;;;;/h5-16,19,22-23,27,31H,17-18,20-21H2,1-4H3;5-11,14,16-17,20,24-25H,12-13,15H2,1-4H3;1H3;3*1H;/q;;;;;;+3/p-3. The first kappa shape index (κ1) is 58.2. The van der Waals surface area contributed by atoms with Gasteiger partial charge in [0.25, 0.3) is 0 Å². The normalized spacial score (nSPS) is 12.2. The topological polar surface area (TPSA) is 76.4 Å². The van der Waals surface area contributed by atoms with Crippen molar-refractivity contribution in [3.8, 4) is 11.5 Å². The Bertz CT molecular complexity index is 1920. The van der Waals surface area contributed by atoms with E-state index in [1.165, 1.54) is 11.1 Å². The number of benzene rings is 5. The number of phenols is 1. The van der Waals surface area contributed by atoms with Crippen LogP contribution in [0.5, 0.6) is 11.5 Å². The van der Waals surface area contributed by atoms with E-state index in [9.17, 15) is 15.3 Å². The second-order valence-electron chi connectivity index (χ2n) is 16.4. The van der Waals surface area contributed by atoms with Gasteiger partial charge in [-0.25, -0.2) is 0 Å². The van der Waals surface area contributed by atoms with Gasteiger partial charge in [0.15, 0.2) is 0 Å². The maximum absolute atomic E-state index is 10.5. The molecule has 5 aromatic carbocycles. The minimum atomic E-state index is -0.278. The number of halogens is 4. The van der Waals surface area contributed by atoms with E-state index in [1.807, 2.05) is 59.5 Å². The summed E-state index contributed by atoms with van der Waals surface area (Å²) in [4.78, 5) is 6.71. The number of hydrogen-bond acceptors (Lipinski definition) is 6.